The Kier molecular flexibility index (Phi) is 24.5. The first kappa shape index (κ1) is 59.4. The molecule has 8 N–H and O–H groups in total. The minimum absolute atomic E-state index is 0.0483. The highest BCUT2D eigenvalue weighted by Crippen LogP contribution is 2.20. The molecule has 23 heteroatoms. The Morgan fingerprint density at radius 3 is 1.76 bits per heavy atom. The Morgan fingerprint density at radius 2 is 1.21 bits per heavy atom. The zero-order chi connectivity index (χ0) is 54.8. The zero-order valence-electron chi connectivity index (χ0n) is 43.9. The van der Waals surface area contributed by atoms with E-state index < -0.39 is 49.2 Å². The Hall–Kier alpha value is -7.50. The minimum Gasteiger partial charge on any atom is -0.383 e. The number of aromatic nitrogens is 3. The SMILES string of the molecule is CCCN(CC(=O)N(CCc1c[nH]c2ccccc12)CC(=O)NCCS)C(=O)CN(CCc1c[nH]c2ccccc12)C(=O)CN(C)C(=O)CN(CCCN=C(N)N)C(=O)CN(CCOC)C(=O)CNCc1cccnc1. The molecule has 0 saturated heterocycles. The van der Waals surface area contributed by atoms with Crippen molar-refractivity contribution in [2.45, 2.75) is 39.2 Å². The summed E-state index contributed by atoms with van der Waals surface area (Å²) < 4.78 is 5.24. The molecule has 0 aliphatic carbocycles. The number of nitrogens with one attached hydrogen (secondary N) is 4. The number of aliphatic imine (C=N–C) groups is 1. The van der Waals surface area contributed by atoms with Crippen molar-refractivity contribution in [2.24, 2.45) is 16.5 Å². The second kappa shape index (κ2) is 31.4. The molecule has 0 bridgehead atoms. The van der Waals surface area contributed by atoms with Crippen molar-refractivity contribution in [2.75, 3.05) is 118 Å². The molecule has 7 amide bonds. The molecule has 22 nitrogen and oxygen atoms in total. The smallest absolute Gasteiger partial charge is 0.242 e. The normalized spacial score (nSPS) is 11.0. The van der Waals surface area contributed by atoms with Gasteiger partial charge in [0.05, 0.1) is 52.4 Å². The molecule has 3 aromatic heterocycles. The Labute approximate surface area is 449 Å². The van der Waals surface area contributed by atoms with Crippen LogP contribution in [0.2, 0.25) is 0 Å². The topological polar surface area (TPSA) is 281 Å². The van der Waals surface area contributed by atoms with Crippen LogP contribution in [0.15, 0.2) is 90.4 Å². The number of H-pyrrole nitrogens is 2. The lowest BCUT2D eigenvalue weighted by Crippen LogP contribution is -2.52. The van der Waals surface area contributed by atoms with Crippen LogP contribution in [0.3, 0.4) is 0 Å². The van der Waals surface area contributed by atoms with E-state index in [1.807, 2.05) is 73.9 Å². The highest BCUT2D eigenvalue weighted by Gasteiger charge is 2.29. The molecule has 0 aliphatic rings. The number of methoxy groups -OCH3 is 1. The number of pyridine rings is 1. The number of amides is 7. The predicted molar refractivity (Wildman–Crippen MR) is 295 cm³/mol. The average molecular weight is 1070 g/mol. The first-order valence-electron chi connectivity index (χ1n) is 25.4. The van der Waals surface area contributed by atoms with Crippen LogP contribution in [0.25, 0.3) is 21.8 Å². The van der Waals surface area contributed by atoms with Crippen molar-refractivity contribution in [1.82, 2.24) is 55.0 Å². The van der Waals surface area contributed by atoms with Gasteiger partial charge < -0.3 is 66.2 Å². The van der Waals surface area contributed by atoms with E-state index in [1.54, 1.807) is 18.5 Å². The van der Waals surface area contributed by atoms with Gasteiger partial charge in [0.25, 0.3) is 0 Å². The fourth-order valence-corrected chi connectivity index (χ4v) is 8.52. The first-order chi connectivity index (χ1) is 36.7. The maximum absolute atomic E-state index is 14.5. The molecule has 0 radical (unpaired) electrons. The second-order valence-corrected chi connectivity index (χ2v) is 18.7. The fourth-order valence-electron chi connectivity index (χ4n) is 8.41. The third kappa shape index (κ3) is 19.0. The van der Waals surface area contributed by atoms with E-state index >= 15 is 0 Å². The summed E-state index contributed by atoms with van der Waals surface area (Å²) in [6.45, 7) is 1.20. The number of ether oxygens (including phenoxy) is 1. The van der Waals surface area contributed by atoms with Crippen LogP contribution >= 0.6 is 12.6 Å². The molecule has 76 heavy (non-hydrogen) atoms. The van der Waals surface area contributed by atoms with Gasteiger partial charge in [0.15, 0.2) is 5.96 Å². The Morgan fingerprint density at radius 1 is 0.671 bits per heavy atom. The standard InChI is InChI=1S/C53H74N14O8S/c1-4-21-63(36-52(74)65(33-46(68)58-20-27-76)23-16-40-30-60-44-14-7-5-12-42(40)44)50(72)37-66(24-17-41-31-61-45-15-8-6-13-43(41)45)49(71)34-62(2)48(70)35-64(22-10-19-59-53(54)55)51(73)38-67(25-26-75-3)47(69)32-57-29-39-11-9-18-56-28-39/h5-9,11-15,18,28,30-31,57,60-61,76H,4,10,16-17,19-27,29,32-38H2,1-3H3,(H,58,68)(H4,54,55,59). The molecule has 5 rings (SSSR count). The van der Waals surface area contributed by atoms with Gasteiger partial charge in [0.1, 0.15) is 0 Å². The molecule has 3 heterocycles. The highest BCUT2D eigenvalue weighted by atomic mass is 32.1. The quantitative estimate of drug-likeness (QED) is 0.0134. The Bertz CT molecular complexity index is 2710. The van der Waals surface area contributed by atoms with E-state index in [1.165, 1.54) is 43.6 Å². The largest absolute Gasteiger partial charge is 0.383 e. The van der Waals surface area contributed by atoms with Gasteiger partial charge in [-0.25, -0.2) is 0 Å². The molecule has 0 spiro atoms. The number of hydrogen-bond acceptors (Lipinski definition) is 12. The predicted octanol–water partition coefficient (Wildman–Crippen LogP) is 0.987. The summed E-state index contributed by atoms with van der Waals surface area (Å²) in [6, 6.07) is 19.2. The summed E-state index contributed by atoms with van der Waals surface area (Å²) in [5.41, 5.74) is 15.7. The van der Waals surface area contributed by atoms with Gasteiger partial charge in [0.2, 0.25) is 41.4 Å². The van der Waals surface area contributed by atoms with Crippen molar-refractivity contribution >= 4 is 81.7 Å². The summed E-state index contributed by atoms with van der Waals surface area (Å²) in [5, 5.41) is 7.81. The average Bonchev–Trinajstić information content (AvgIpc) is 4.04. The first-order valence-corrected chi connectivity index (χ1v) is 26.1. The number of rotatable bonds is 33. The number of para-hydroxylation sites is 2. The summed E-state index contributed by atoms with van der Waals surface area (Å²) >= 11 is 4.20. The number of carbonyl (C=O) groups is 7. The maximum Gasteiger partial charge on any atom is 0.242 e. The van der Waals surface area contributed by atoms with Crippen LogP contribution in [0.5, 0.6) is 0 Å². The number of nitrogens with two attached hydrogens (primary N) is 2. The van der Waals surface area contributed by atoms with Gasteiger partial charge in [-0.15, -0.1) is 0 Å². The summed E-state index contributed by atoms with van der Waals surface area (Å²) in [5.74, 6) is -3.03. The van der Waals surface area contributed by atoms with Crippen molar-refractivity contribution in [3.05, 3.63) is 102 Å². The van der Waals surface area contributed by atoms with Gasteiger partial charge in [-0.2, -0.15) is 12.6 Å². The molecule has 0 aliphatic heterocycles. The van der Waals surface area contributed by atoms with Gasteiger partial charge in [0, 0.05) is 119 Å². The van der Waals surface area contributed by atoms with E-state index in [0.29, 0.717) is 38.1 Å². The van der Waals surface area contributed by atoms with Crippen LogP contribution in [0.1, 0.15) is 36.5 Å². The fraction of sp³-hybridized carbons (Fsp3) is 0.453. The summed E-state index contributed by atoms with van der Waals surface area (Å²) in [7, 11) is 2.92. The number of nitrogens with zero attached hydrogens (tertiary/aromatic N) is 8. The van der Waals surface area contributed by atoms with Crippen LogP contribution in [0, 0.1) is 0 Å². The van der Waals surface area contributed by atoms with E-state index in [9.17, 15) is 33.6 Å². The van der Waals surface area contributed by atoms with Gasteiger partial charge in [-0.1, -0.05) is 49.4 Å². The Balaban J connectivity index is 1.31. The van der Waals surface area contributed by atoms with Gasteiger partial charge >= 0.3 is 0 Å². The lowest BCUT2D eigenvalue weighted by molar-refractivity contribution is -0.147. The van der Waals surface area contributed by atoms with E-state index in [4.69, 9.17) is 16.2 Å². The number of benzene rings is 2. The van der Waals surface area contributed by atoms with E-state index in [0.717, 1.165) is 38.5 Å². The number of hydrogen-bond donors (Lipinski definition) is 7. The maximum atomic E-state index is 14.5. The number of fused-ring (bicyclic) bond motifs is 2. The minimum atomic E-state index is -0.580. The molecule has 0 unspecified atom stereocenters. The number of thiol groups is 1. The molecule has 410 valence electrons. The lowest BCUT2D eigenvalue weighted by Gasteiger charge is -2.31. The highest BCUT2D eigenvalue weighted by molar-refractivity contribution is 7.80. The lowest BCUT2D eigenvalue weighted by atomic mass is 10.1. The van der Waals surface area contributed by atoms with Crippen molar-refractivity contribution in [1.29, 1.82) is 0 Å². The van der Waals surface area contributed by atoms with Crippen molar-refractivity contribution < 1.29 is 38.3 Å². The number of likely N-dealkylation sites (N-methyl/N-ethyl adjacent to an activating group) is 1. The van der Waals surface area contributed by atoms with Crippen LogP contribution in [-0.2, 0) is 57.7 Å². The van der Waals surface area contributed by atoms with E-state index in [2.05, 4.69) is 43.2 Å². The number of carbonyl (C=O) groups excluding carboxylic acids is 7. The zero-order valence-corrected chi connectivity index (χ0v) is 44.8. The molecule has 0 atom stereocenters. The molecule has 0 saturated carbocycles. The number of guanidine groups is 1. The number of aromatic amines is 2. The molecule has 5 aromatic rings. The van der Waals surface area contributed by atoms with Crippen molar-refractivity contribution in [3.63, 3.8) is 0 Å². The van der Waals surface area contributed by atoms with Crippen LogP contribution < -0.4 is 22.1 Å². The molecule has 0 fully saturated rings. The van der Waals surface area contributed by atoms with Crippen molar-refractivity contribution in [3.8, 4) is 0 Å². The van der Waals surface area contributed by atoms with Gasteiger partial charge in [-0.05, 0) is 60.6 Å². The second-order valence-electron chi connectivity index (χ2n) is 18.2. The van der Waals surface area contributed by atoms with Crippen LogP contribution in [-0.4, -0.2) is 210 Å². The molecule has 2 aromatic carbocycles. The van der Waals surface area contributed by atoms with Gasteiger partial charge in [-0.3, -0.25) is 43.5 Å². The summed E-state index contributed by atoms with van der Waals surface area (Å²) in [4.78, 5) is 120. The van der Waals surface area contributed by atoms with Crippen LogP contribution in [0.4, 0.5) is 0 Å². The molecular weight excluding hydrogens is 993 g/mol. The molecular formula is C53H74N14O8S. The van der Waals surface area contributed by atoms with E-state index in [-0.39, 0.29) is 96.2 Å². The third-order valence-electron chi connectivity index (χ3n) is 12.6. The summed E-state index contributed by atoms with van der Waals surface area (Å²) in [6.07, 6.45) is 8.65. The third-order valence-corrected chi connectivity index (χ3v) is 12.8. The monoisotopic (exact) mass is 1070 g/mol.